The molecule has 0 saturated carbocycles. The second kappa shape index (κ2) is 18.4. The van der Waals surface area contributed by atoms with Crippen LogP contribution in [0, 0.1) is 11.3 Å². The van der Waals surface area contributed by atoms with E-state index in [9.17, 15) is 15.2 Å². The first-order valence-electron chi connectivity index (χ1n) is 23.2. The molecule has 0 aromatic heterocycles. The Morgan fingerprint density at radius 2 is 1.03 bits per heavy atom. The second-order valence-electron chi connectivity index (χ2n) is 17.5. The van der Waals surface area contributed by atoms with Gasteiger partial charge >= 0.3 is 5.97 Å². The van der Waals surface area contributed by atoms with E-state index >= 15 is 0 Å². The molecule has 0 saturated heterocycles. The van der Waals surface area contributed by atoms with Crippen molar-refractivity contribution in [1.82, 2.24) is 0 Å². The normalized spacial score (nSPS) is 14.3. The van der Waals surface area contributed by atoms with Crippen molar-refractivity contribution in [3.8, 4) is 28.3 Å². The van der Waals surface area contributed by atoms with Crippen LogP contribution in [0.1, 0.15) is 133 Å². The van der Waals surface area contributed by atoms with Gasteiger partial charge in [-0.05, 0) is 118 Å². The standard InChI is InChI=1S/C58H60N2O2/c1-5-9-34-57(35-10-6-2)51-26-17-15-23-46(51)48-31-29-43(38-53(48)57)60(55-33-28-41(45-22-13-14-25-50(45)55)20-19-21-42(40-59)56(61)62)44-30-32-49-47-24-16-18-27-52(47)58(36-11-7-3,37-12-8-4)54(49)39-44/h13-33,38-39H,5-12,34-37H2,1-4H3,(H,61,62)/b20-19+,42-21+. The van der Waals surface area contributed by atoms with Gasteiger partial charge in [0.25, 0.3) is 0 Å². The fourth-order valence-electron chi connectivity index (χ4n) is 10.9. The molecule has 0 amide bonds. The Labute approximate surface area is 369 Å². The van der Waals surface area contributed by atoms with E-state index in [1.54, 1.807) is 12.1 Å². The smallest absolute Gasteiger partial charge is 0.346 e. The number of aliphatic carboxylic acids is 1. The summed E-state index contributed by atoms with van der Waals surface area (Å²) in [7, 11) is 0. The van der Waals surface area contributed by atoms with Crippen molar-refractivity contribution < 1.29 is 9.90 Å². The van der Waals surface area contributed by atoms with Crippen LogP contribution < -0.4 is 4.90 Å². The molecule has 4 nitrogen and oxygen atoms in total. The van der Waals surface area contributed by atoms with E-state index in [-0.39, 0.29) is 16.4 Å². The molecule has 0 heterocycles. The molecule has 62 heavy (non-hydrogen) atoms. The monoisotopic (exact) mass is 816 g/mol. The molecule has 314 valence electrons. The predicted molar refractivity (Wildman–Crippen MR) is 260 cm³/mol. The van der Waals surface area contributed by atoms with E-state index in [1.807, 2.05) is 6.08 Å². The lowest BCUT2D eigenvalue weighted by molar-refractivity contribution is -0.132. The molecule has 0 bridgehead atoms. The number of nitrogens with zero attached hydrogens (tertiary/aromatic N) is 2. The lowest BCUT2D eigenvalue weighted by Gasteiger charge is -2.35. The summed E-state index contributed by atoms with van der Waals surface area (Å²) in [5, 5.41) is 21.0. The van der Waals surface area contributed by atoms with Gasteiger partial charge in [-0.2, -0.15) is 5.26 Å². The van der Waals surface area contributed by atoms with Crippen LogP contribution in [0.5, 0.6) is 0 Å². The number of allylic oxidation sites excluding steroid dienone is 2. The summed E-state index contributed by atoms with van der Waals surface area (Å²) in [6, 6.07) is 47.5. The third-order valence-corrected chi connectivity index (χ3v) is 13.9. The molecule has 0 spiro atoms. The Balaban J connectivity index is 1.38. The van der Waals surface area contributed by atoms with Crippen LogP contribution in [-0.2, 0) is 15.6 Å². The number of anilines is 3. The van der Waals surface area contributed by atoms with E-state index in [0.717, 1.165) is 84.8 Å². The highest BCUT2D eigenvalue weighted by Crippen LogP contribution is 2.58. The van der Waals surface area contributed by atoms with Crippen LogP contribution in [0.15, 0.2) is 139 Å². The first kappa shape index (κ1) is 42.5. The molecule has 0 radical (unpaired) electrons. The molecular formula is C58H60N2O2. The van der Waals surface area contributed by atoms with Crippen LogP contribution in [0.25, 0.3) is 39.1 Å². The van der Waals surface area contributed by atoms with Crippen molar-refractivity contribution in [2.45, 2.75) is 116 Å². The SMILES string of the molecule is CCCCC1(CCCC)c2ccccc2-c2ccc(N(c3ccc4c(c3)C(CCCC)(CCCC)c3ccccc3-4)c3ccc(/C=C/C=C(\C#N)C(=O)O)c4ccccc34)cc21. The van der Waals surface area contributed by atoms with Gasteiger partial charge in [0.15, 0.2) is 0 Å². The zero-order valence-corrected chi connectivity index (χ0v) is 37.0. The highest BCUT2D eigenvalue weighted by molar-refractivity contribution is 6.03. The summed E-state index contributed by atoms with van der Waals surface area (Å²) in [4.78, 5) is 14.1. The minimum Gasteiger partial charge on any atom is -0.477 e. The van der Waals surface area contributed by atoms with E-state index in [0.29, 0.717) is 0 Å². The maximum absolute atomic E-state index is 11.6. The number of rotatable bonds is 18. The molecule has 0 aliphatic heterocycles. The minimum absolute atomic E-state index is 0.0584. The summed E-state index contributed by atoms with van der Waals surface area (Å²) >= 11 is 0. The van der Waals surface area contributed by atoms with Crippen molar-refractivity contribution in [3.63, 3.8) is 0 Å². The molecule has 8 rings (SSSR count). The number of unbranched alkanes of at least 4 members (excludes halogenated alkanes) is 4. The van der Waals surface area contributed by atoms with Crippen LogP contribution in [0.4, 0.5) is 17.1 Å². The first-order chi connectivity index (χ1) is 30.3. The number of benzene rings is 6. The van der Waals surface area contributed by atoms with Gasteiger partial charge < -0.3 is 10.0 Å². The Hall–Kier alpha value is -6.18. The number of hydrogen-bond donors (Lipinski definition) is 1. The molecule has 6 aromatic carbocycles. The van der Waals surface area contributed by atoms with E-state index in [4.69, 9.17) is 0 Å². The molecule has 2 aliphatic carbocycles. The second-order valence-corrected chi connectivity index (χ2v) is 17.5. The lowest BCUT2D eigenvalue weighted by atomic mass is 9.70. The zero-order chi connectivity index (χ0) is 43.3. The third kappa shape index (κ3) is 7.47. The van der Waals surface area contributed by atoms with Crippen LogP contribution in [0.2, 0.25) is 0 Å². The number of carbonyl (C=O) groups is 1. The van der Waals surface area contributed by atoms with Gasteiger partial charge in [-0.15, -0.1) is 0 Å². The number of carboxylic acids is 1. The lowest BCUT2D eigenvalue weighted by Crippen LogP contribution is -2.26. The van der Waals surface area contributed by atoms with E-state index < -0.39 is 5.97 Å². The topological polar surface area (TPSA) is 64.3 Å². The maximum Gasteiger partial charge on any atom is 0.346 e. The fourth-order valence-corrected chi connectivity index (χ4v) is 10.9. The van der Waals surface area contributed by atoms with Crippen LogP contribution >= 0.6 is 0 Å². The molecule has 4 heteroatoms. The summed E-state index contributed by atoms with van der Waals surface area (Å²) in [5.41, 5.74) is 15.2. The number of carboxylic acid groups (broad SMARTS) is 1. The molecule has 2 aliphatic rings. The van der Waals surface area contributed by atoms with Crippen LogP contribution in [-0.4, -0.2) is 11.1 Å². The Bertz CT molecular complexity index is 2580. The Kier molecular flexibility index (Phi) is 12.6. The zero-order valence-electron chi connectivity index (χ0n) is 37.0. The number of hydrogen-bond acceptors (Lipinski definition) is 3. The highest BCUT2D eigenvalue weighted by Gasteiger charge is 2.44. The highest BCUT2D eigenvalue weighted by atomic mass is 16.4. The van der Waals surface area contributed by atoms with Crippen LogP contribution in [0.3, 0.4) is 0 Å². The molecular weight excluding hydrogens is 757 g/mol. The predicted octanol–water partition coefficient (Wildman–Crippen LogP) is 16.2. The van der Waals surface area contributed by atoms with Gasteiger partial charge in [0, 0.05) is 27.6 Å². The quantitative estimate of drug-likeness (QED) is 0.0533. The Morgan fingerprint density at radius 3 is 1.50 bits per heavy atom. The van der Waals surface area contributed by atoms with Gasteiger partial charge in [0.2, 0.25) is 0 Å². The van der Waals surface area contributed by atoms with Gasteiger partial charge in [0.05, 0.1) is 5.69 Å². The minimum atomic E-state index is -1.23. The summed E-state index contributed by atoms with van der Waals surface area (Å²) in [6.45, 7) is 9.26. The molecule has 1 N–H and O–H groups in total. The first-order valence-corrected chi connectivity index (χ1v) is 23.2. The maximum atomic E-state index is 11.6. The largest absolute Gasteiger partial charge is 0.477 e. The van der Waals surface area contributed by atoms with Gasteiger partial charge in [-0.1, -0.05) is 182 Å². The molecule has 6 aromatic rings. The average molecular weight is 817 g/mol. The molecule has 0 atom stereocenters. The van der Waals surface area contributed by atoms with Gasteiger partial charge in [-0.25, -0.2) is 4.79 Å². The summed E-state index contributed by atoms with van der Waals surface area (Å²) in [6.07, 6.45) is 18.8. The summed E-state index contributed by atoms with van der Waals surface area (Å²) in [5.74, 6) is -1.23. The van der Waals surface area contributed by atoms with Crippen molar-refractivity contribution in [1.29, 1.82) is 5.26 Å². The number of fused-ring (bicyclic) bond motifs is 7. The van der Waals surface area contributed by atoms with E-state index in [1.165, 1.54) is 76.3 Å². The summed E-state index contributed by atoms with van der Waals surface area (Å²) < 4.78 is 0. The van der Waals surface area contributed by atoms with Crippen molar-refractivity contribution in [2.24, 2.45) is 0 Å². The van der Waals surface area contributed by atoms with Gasteiger partial charge in [0.1, 0.15) is 11.6 Å². The molecule has 0 fully saturated rings. The van der Waals surface area contributed by atoms with Crippen molar-refractivity contribution in [2.75, 3.05) is 4.90 Å². The molecule has 0 unspecified atom stereocenters. The van der Waals surface area contributed by atoms with Crippen molar-refractivity contribution >= 4 is 39.9 Å². The fraction of sp³-hybridized carbons (Fsp3) is 0.310. The average Bonchev–Trinajstić information content (AvgIpc) is 3.74. The number of nitriles is 1. The van der Waals surface area contributed by atoms with Crippen molar-refractivity contribution in [3.05, 3.63) is 167 Å². The third-order valence-electron chi connectivity index (χ3n) is 13.9. The Morgan fingerprint density at radius 1 is 0.581 bits per heavy atom. The van der Waals surface area contributed by atoms with E-state index in [2.05, 4.69) is 154 Å². The van der Waals surface area contributed by atoms with Gasteiger partial charge in [-0.3, -0.25) is 0 Å².